The molecule has 0 unspecified atom stereocenters. The van der Waals surface area contributed by atoms with Crippen molar-refractivity contribution in [1.29, 1.82) is 0 Å². The molecule has 0 saturated heterocycles. The molecule has 0 spiro atoms. The van der Waals surface area contributed by atoms with E-state index in [1.165, 1.54) is 6.20 Å². The van der Waals surface area contributed by atoms with Crippen LogP contribution in [0.2, 0.25) is 5.28 Å². The molecule has 1 heterocycles. The van der Waals surface area contributed by atoms with Gasteiger partial charge in [-0.2, -0.15) is 0 Å². The van der Waals surface area contributed by atoms with E-state index in [-0.39, 0.29) is 10.8 Å². The first-order valence-electron chi connectivity index (χ1n) is 5.31. The molecule has 0 amide bonds. The van der Waals surface area contributed by atoms with Crippen molar-refractivity contribution in [3.63, 3.8) is 0 Å². The Hall–Kier alpha value is -1.89. The number of benzene rings is 1. The second-order valence-corrected chi connectivity index (χ2v) is 4.17. The summed E-state index contributed by atoms with van der Waals surface area (Å²) >= 11 is 5.58. The van der Waals surface area contributed by atoms with Gasteiger partial charge in [0.1, 0.15) is 11.6 Å². The van der Waals surface area contributed by atoms with Gasteiger partial charge in [0.05, 0.1) is 5.69 Å². The summed E-state index contributed by atoms with van der Waals surface area (Å²) in [6.07, 6.45) is -3.57. The summed E-state index contributed by atoms with van der Waals surface area (Å²) < 4.78 is 53.6. The molecule has 0 atom stereocenters. The number of alkyl halides is 3. The first-order valence-corrected chi connectivity index (χ1v) is 5.69. The average molecular weight is 307 g/mol. The lowest BCUT2D eigenvalue weighted by atomic mass is 10.1. The van der Waals surface area contributed by atoms with E-state index in [9.17, 15) is 17.6 Å². The van der Waals surface area contributed by atoms with Crippen LogP contribution in [0.5, 0.6) is 5.75 Å². The molecular formula is C12H7ClF4N2O. The van der Waals surface area contributed by atoms with Crippen molar-refractivity contribution in [2.24, 2.45) is 0 Å². The van der Waals surface area contributed by atoms with Crippen molar-refractivity contribution < 1.29 is 22.3 Å². The largest absolute Gasteiger partial charge is 0.573 e. The number of nitrogens with zero attached hydrogens (tertiary/aromatic N) is 2. The van der Waals surface area contributed by atoms with Crippen LogP contribution in [0.1, 0.15) is 5.69 Å². The Kier molecular flexibility index (Phi) is 3.80. The Labute approximate surface area is 116 Å². The molecule has 106 valence electrons. The monoisotopic (exact) mass is 306 g/mol. The van der Waals surface area contributed by atoms with Crippen molar-refractivity contribution >= 4 is 11.6 Å². The Bertz CT molecular complexity index is 646. The summed E-state index contributed by atoms with van der Waals surface area (Å²) in [5.74, 6) is -1.51. The smallest absolute Gasteiger partial charge is 0.406 e. The molecule has 0 aliphatic rings. The SMILES string of the molecule is Cc1nc(Cl)ncc1-c1ccc(OC(F)(F)F)cc1F. The fourth-order valence-corrected chi connectivity index (χ4v) is 1.79. The Morgan fingerprint density at radius 1 is 1.20 bits per heavy atom. The molecule has 8 heteroatoms. The second-order valence-electron chi connectivity index (χ2n) is 3.83. The molecule has 1 aromatic heterocycles. The van der Waals surface area contributed by atoms with Crippen molar-refractivity contribution in [3.8, 4) is 16.9 Å². The van der Waals surface area contributed by atoms with Crippen LogP contribution in [0.15, 0.2) is 24.4 Å². The lowest BCUT2D eigenvalue weighted by Gasteiger charge is -2.11. The van der Waals surface area contributed by atoms with Gasteiger partial charge in [-0.25, -0.2) is 14.4 Å². The van der Waals surface area contributed by atoms with Gasteiger partial charge in [-0.05, 0) is 30.7 Å². The predicted octanol–water partition coefficient (Wildman–Crippen LogP) is 4.14. The summed E-state index contributed by atoms with van der Waals surface area (Å²) in [5, 5.41) is 0.00341. The number of ether oxygens (including phenoxy) is 1. The van der Waals surface area contributed by atoms with Crippen LogP contribution in [0.25, 0.3) is 11.1 Å². The number of halogens is 5. The molecule has 0 bridgehead atoms. The minimum atomic E-state index is -4.87. The van der Waals surface area contributed by atoms with E-state index in [1.807, 2.05) is 0 Å². The first-order chi connectivity index (χ1) is 9.26. The van der Waals surface area contributed by atoms with Gasteiger partial charge < -0.3 is 4.74 Å². The molecule has 0 aliphatic heterocycles. The molecule has 20 heavy (non-hydrogen) atoms. The normalized spacial score (nSPS) is 11.5. The van der Waals surface area contributed by atoms with Crippen molar-refractivity contribution in [1.82, 2.24) is 9.97 Å². The fraction of sp³-hybridized carbons (Fsp3) is 0.167. The molecule has 2 aromatic rings. The maximum atomic E-state index is 13.9. The number of hydrogen-bond acceptors (Lipinski definition) is 3. The summed E-state index contributed by atoms with van der Waals surface area (Å²) in [5.41, 5.74) is 0.813. The Morgan fingerprint density at radius 3 is 2.45 bits per heavy atom. The zero-order chi connectivity index (χ0) is 14.9. The third-order valence-corrected chi connectivity index (χ3v) is 2.60. The highest BCUT2D eigenvalue weighted by Crippen LogP contribution is 2.30. The standard InChI is InChI=1S/C12H7ClF4N2O/c1-6-9(5-18-11(13)19-6)8-3-2-7(4-10(8)14)20-12(15,16)17/h2-5H,1H3. The Morgan fingerprint density at radius 2 is 1.90 bits per heavy atom. The van der Waals surface area contributed by atoms with E-state index in [0.717, 1.165) is 12.1 Å². The topological polar surface area (TPSA) is 35.0 Å². The molecule has 0 N–H and O–H groups in total. The fourth-order valence-electron chi connectivity index (χ4n) is 1.61. The third kappa shape index (κ3) is 3.36. The minimum Gasteiger partial charge on any atom is -0.406 e. The Balaban J connectivity index is 2.39. The van der Waals surface area contributed by atoms with Crippen LogP contribution >= 0.6 is 11.6 Å². The quantitative estimate of drug-likeness (QED) is 0.618. The lowest BCUT2D eigenvalue weighted by molar-refractivity contribution is -0.274. The van der Waals surface area contributed by atoms with Gasteiger partial charge >= 0.3 is 6.36 Å². The summed E-state index contributed by atoms with van der Waals surface area (Å²) in [6.45, 7) is 1.59. The van der Waals surface area contributed by atoms with Crippen molar-refractivity contribution in [2.45, 2.75) is 13.3 Å². The van der Waals surface area contributed by atoms with Gasteiger partial charge in [0.15, 0.2) is 0 Å². The van der Waals surface area contributed by atoms with Crippen molar-refractivity contribution in [3.05, 3.63) is 41.2 Å². The minimum absolute atomic E-state index is 0.00341. The van der Waals surface area contributed by atoms with Gasteiger partial charge in [0, 0.05) is 23.4 Å². The molecule has 0 saturated carbocycles. The molecule has 0 aliphatic carbocycles. The third-order valence-electron chi connectivity index (χ3n) is 2.41. The van der Waals surface area contributed by atoms with Gasteiger partial charge in [-0.3, -0.25) is 0 Å². The highest BCUT2D eigenvalue weighted by molar-refractivity contribution is 6.28. The zero-order valence-electron chi connectivity index (χ0n) is 10.0. The van der Waals surface area contributed by atoms with Crippen LogP contribution in [0.3, 0.4) is 0 Å². The summed E-state index contributed by atoms with van der Waals surface area (Å²) in [7, 11) is 0. The predicted molar refractivity (Wildman–Crippen MR) is 63.9 cm³/mol. The number of hydrogen-bond donors (Lipinski definition) is 0. The summed E-state index contributed by atoms with van der Waals surface area (Å²) in [6, 6.07) is 2.83. The van der Waals surface area contributed by atoms with E-state index in [4.69, 9.17) is 11.6 Å². The van der Waals surface area contributed by atoms with E-state index in [1.54, 1.807) is 6.92 Å². The summed E-state index contributed by atoms with van der Waals surface area (Å²) in [4.78, 5) is 7.57. The van der Waals surface area contributed by atoms with Crippen LogP contribution in [-0.2, 0) is 0 Å². The maximum absolute atomic E-state index is 13.9. The highest BCUT2D eigenvalue weighted by Gasteiger charge is 2.31. The molecule has 3 nitrogen and oxygen atoms in total. The average Bonchev–Trinajstić information content (AvgIpc) is 2.28. The molecule has 0 radical (unpaired) electrons. The molecule has 0 fully saturated rings. The number of aromatic nitrogens is 2. The molecule has 2 rings (SSSR count). The van der Waals surface area contributed by atoms with Gasteiger partial charge in [-0.15, -0.1) is 13.2 Å². The molecule has 1 aromatic carbocycles. The number of aryl methyl sites for hydroxylation is 1. The van der Waals surface area contributed by atoms with Gasteiger partial charge in [0.2, 0.25) is 5.28 Å². The maximum Gasteiger partial charge on any atom is 0.573 e. The molecular weight excluding hydrogens is 300 g/mol. The van der Waals surface area contributed by atoms with Crippen LogP contribution in [0.4, 0.5) is 17.6 Å². The highest BCUT2D eigenvalue weighted by atomic mass is 35.5. The van der Waals surface area contributed by atoms with Crippen molar-refractivity contribution in [2.75, 3.05) is 0 Å². The van der Waals surface area contributed by atoms with E-state index in [2.05, 4.69) is 14.7 Å². The second kappa shape index (κ2) is 5.24. The van der Waals surface area contributed by atoms with E-state index in [0.29, 0.717) is 17.3 Å². The van der Waals surface area contributed by atoms with E-state index >= 15 is 0 Å². The lowest BCUT2D eigenvalue weighted by Crippen LogP contribution is -2.17. The van der Waals surface area contributed by atoms with Gasteiger partial charge in [-0.1, -0.05) is 0 Å². The van der Waals surface area contributed by atoms with Crippen LogP contribution in [-0.4, -0.2) is 16.3 Å². The van der Waals surface area contributed by atoms with Crippen LogP contribution in [0, 0.1) is 12.7 Å². The van der Waals surface area contributed by atoms with Crippen LogP contribution < -0.4 is 4.74 Å². The van der Waals surface area contributed by atoms with E-state index < -0.39 is 17.9 Å². The zero-order valence-corrected chi connectivity index (χ0v) is 10.8. The number of rotatable bonds is 2. The van der Waals surface area contributed by atoms with Gasteiger partial charge in [0.25, 0.3) is 0 Å². The first kappa shape index (κ1) is 14.5.